The fourth-order valence-corrected chi connectivity index (χ4v) is 8.73. The van der Waals surface area contributed by atoms with Gasteiger partial charge in [-0.05, 0) is 77.6 Å². The zero-order valence-electron chi connectivity index (χ0n) is 26.4. The third-order valence-corrected chi connectivity index (χ3v) is 11.4. The van der Waals surface area contributed by atoms with Crippen molar-refractivity contribution in [1.82, 2.24) is 24.3 Å². The zero-order chi connectivity index (χ0) is 34.3. The lowest BCUT2D eigenvalue weighted by Crippen LogP contribution is -2.36. The maximum atomic E-state index is 14.1. The van der Waals surface area contributed by atoms with Crippen LogP contribution < -0.4 is 9.47 Å². The summed E-state index contributed by atoms with van der Waals surface area (Å²) in [5.74, 6) is -1.33. The predicted octanol–water partition coefficient (Wildman–Crippen LogP) is 6.59. The number of thiophene rings is 1. The van der Waals surface area contributed by atoms with Crippen molar-refractivity contribution in [2.24, 2.45) is 7.05 Å². The van der Waals surface area contributed by atoms with Gasteiger partial charge in [-0.25, -0.2) is 18.1 Å². The second-order valence-electron chi connectivity index (χ2n) is 11.4. The molecule has 4 heterocycles. The lowest BCUT2D eigenvalue weighted by atomic mass is 9.84. The van der Waals surface area contributed by atoms with Gasteiger partial charge >= 0.3 is 12.6 Å². The molecule has 2 atom stereocenters. The van der Waals surface area contributed by atoms with Crippen LogP contribution in [0, 0.1) is 6.92 Å². The number of halogens is 3. The molecule has 0 radical (unpaired) electrons. The number of hydrogen-bond acceptors (Lipinski definition) is 10. The Balaban J connectivity index is 1.51. The van der Waals surface area contributed by atoms with E-state index in [-0.39, 0.29) is 53.2 Å². The van der Waals surface area contributed by atoms with Crippen LogP contribution in [-0.2, 0) is 33.1 Å². The van der Waals surface area contributed by atoms with Gasteiger partial charge in [0.2, 0.25) is 15.9 Å². The molecule has 0 aliphatic carbocycles. The molecule has 2 aromatic carbocycles. The summed E-state index contributed by atoms with van der Waals surface area (Å²) in [6.45, 7) is 2.46. The van der Waals surface area contributed by atoms with E-state index in [1.807, 2.05) is 30.5 Å². The van der Waals surface area contributed by atoms with Gasteiger partial charge in [-0.3, -0.25) is 4.79 Å². The summed E-state index contributed by atoms with van der Waals surface area (Å²) >= 11 is 7.62. The van der Waals surface area contributed by atoms with Crippen molar-refractivity contribution in [3.8, 4) is 11.6 Å². The number of carbonyl (C=O) groups is 1. The Labute approximate surface area is 284 Å². The fraction of sp³-hybridized carbons (Fsp3) is 0.375. The van der Waals surface area contributed by atoms with Gasteiger partial charge in [0.1, 0.15) is 22.0 Å². The molecule has 0 amide bonds. The third kappa shape index (κ3) is 6.43. The van der Waals surface area contributed by atoms with Crippen molar-refractivity contribution in [2.75, 3.05) is 13.2 Å². The minimum absolute atomic E-state index is 0.00466. The summed E-state index contributed by atoms with van der Waals surface area (Å²) in [6, 6.07) is 8.51. The number of ether oxygens (including phenoxy) is 3. The number of esters is 1. The van der Waals surface area contributed by atoms with E-state index in [0.717, 1.165) is 10.1 Å². The van der Waals surface area contributed by atoms with E-state index in [2.05, 4.69) is 15.3 Å². The van der Waals surface area contributed by atoms with Crippen molar-refractivity contribution in [3.05, 3.63) is 69.2 Å². The van der Waals surface area contributed by atoms with Crippen LogP contribution in [0.3, 0.4) is 0 Å². The first kappa shape index (κ1) is 34.0. The van der Waals surface area contributed by atoms with Gasteiger partial charge in [0.25, 0.3) is 0 Å². The first-order chi connectivity index (χ1) is 22.9. The molecule has 254 valence electrons. The van der Waals surface area contributed by atoms with Gasteiger partial charge < -0.3 is 14.2 Å². The number of nitrogens with zero attached hydrogens (tertiary/aromatic N) is 5. The van der Waals surface area contributed by atoms with Crippen molar-refractivity contribution < 1.29 is 36.2 Å². The highest BCUT2D eigenvalue weighted by atomic mass is 35.5. The molecule has 0 fully saturated rings. The number of carbonyl (C=O) groups excluding carboxylic acids is 1. The number of aromatic nitrogens is 4. The maximum absolute atomic E-state index is 14.1. The standard InChI is InChI=1S/C32H32ClF2N5O6S2/c1-5-22-16-40(48(42,43)26-11-21(33)14-36-31(26)45-22)15-20-10-19(9-18-7-8-47-30(18)20)24(13-27(41)44-6-2)23-12-25(46-32(34)35)29-28(17(23)3)37-38-39(29)4/h7-12,14,22,24,32H,5-6,13,15-16H2,1-4H3/t22-,24+/m1/s1. The van der Waals surface area contributed by atoms with Crippen LogP contribution in [0.2, 0.25) is 5.02 Å². The van der Waals surface area contributed by atoms with Gasteiger partial charge in [-0.1, -0.05) is 29.8 Å². The molecule has 3 aromatic heterocycles. The molecule has 0 N–H and O–H groups in total. The van der Waals surface area contributed by atoms with E-state index in [0.29, 0.717) is 34.2 Å². The maximum Gasteiger partial charge on any atom is 0.387 e. The number of alkyl halides is 2. The van der Waals surface area contributed by atoms with E-state index in [1.165, 1.54) is 38.7 Å². The third-order valence-electron chi connectivity index (χ3n) is 8.35. The topological polar surface area (TPSA) is 126 Å². The summed E-state index contributed by atoms with van der Waals surface area (Å²) in [5, 5.41) is 11.1. The average molecular weight is 720 g/mol. The van der Waals surface area contributed by atoms with Gasteiger partial charge in [-0.15, -0.1) is 16.4 Å². The number of fused-ring (bicyclic) bond motifs is 3. The molecule has 11 nitrogen and oxygen atoms in total. The summed E-state index contributed by atoms with van der Waals surface area (Å²) in [7, 11) is -2.53. The van der Waals surface area contributed by atoms with Gasteiger partial charge in [0.05, 0.1) is 24.6 Å². The van der Waals surface area contributed by atoms with Crippen molar-refractivity contribution in [1.29, 1.82) is 0 Å². The van der Waals surface area contributed by atoms with E-state index < -0.39 is 34.6 Å². The Morgan fingerprint density at radius 2 is 2.02 bits per heavy atom. The Bertz CT molecular complexity index is 2120. The minimum atomic E-state index is -4.11. The highest BCUT2D eigenvalue weighted by Gasteiger charge is 2.36. The molecule has 16 heteroatoms. The number of sulfonamides is 1. The van der Waals surface area contributed by atoms with E-state index >= 15 is 0 Å². The Kier molecular flexibility index (Phi) is 9.57. The van der Waals surface area contributed by atoms with Crippen molar-refractivity contribution in [3.63, 3.8) is 0 Å². The Hall–Kier alpha value is -3.92. The molecule has 0 saturated heterocycles. The molecule has 0 saturated carbocycles. The van der Waals surface area contributed by atoms with Gasteiger partial charge in [-0.2, -0.15) is 13.1 Å². The zero-order valence-corrected chi connectivity index (χ0v) is 28.8. The molecule has 0 unspecified atom stereocenters. The van der Waals surface area contributed by atoms with Gasteiger partial charge in [0.15, 0.2) is 5.75 Å². The molecule has 1 aliphatic heterocycles. The molecule has 1 aliphatic rings. The quantitative estimate of drug-likeness (QED) is 0.147. The average Bonchev–Trinajstić information content (AvgIpc) is 3.66. The summed E-state index contributed by atoms with van der Waals surface area (Å²) in [4.78, 5) is 17.1. The number of pyridine rings is 1. The largest absolute Gasteiger partial charge is 0.472 e. The molecule has 48 heavy (non-hydrogen) atoms. The van der Waals surface area contributed by atoms with Crippen LogP contribution in [-0.4, -0.2) is 64.5 Å². The monoisotopic (exact) mass is 719 g/mol. The highest BCUT2D eigenvalue weighted by Crippen LogP contribution is 2.41. The van der Waals surface area contributed by atoms with Crippen molar-refractivity contribution >= 4 is 60.0 Å². The van der Waals surface area contributed by atoms with Crippen LogP contribution in [0.15, 0.2) is 46.8 Å². The normalized spacial score (nSPS) is 16.9. The lowest BCUT2D eigenvalue weighted by molar-refractivity contribution is -0.143. The molecular formula is C32H32ClF2N5O6S2. The van der Waals surface area contributed by atoms with Gasteiger partial charge in [0, 0.05) is 30.4 Å². The van der Waals surface area contributed by atoms with E-state index in [4.69, 9.17) is 25.8 Å². The second-order valence-corrected chi connectivity index (χ2v) is 14.6. The van der Waals surface area contributed by atoms with E-state index in [9.17, 15) is 22.0 Å². The lowest BCUT2D eigenvalue weighted by Gasteiger charge is -2.25. The fourth-order valence-electron chi connectivity index (χ4n) is 6.08. The van der Waals surface area contributed by atoms with Crippen LogP contribution in [0.4, 0.5) is 8.78 Å². The number of rotatable bonds is 10. The summed E-state index contributed by atoms with van der Waals surface area (Å²) < 4.78 is 75.2. The first-order valence-corrected chi connectivity index (χ1v) is 17.9. The highest BCUT2D eigenvalue weighted by molar-refractivity contribution is 7.89. The predicted molar refractivity (Wildman–Crippen MR) is 176 cm³/mol. The first-order valence-electron chi connectivity index (χ1n) is 15.2. The SMILES string of the molecule is CCOC(=O)C[C@@H](c1cc(CN2C[C@@H](CC)Oc3ncc(Cl)cc3S2(=O)=O)c2sccc2c1)c1cc(OC(F)F)c2c(nnn2C)c1C. The molecular weight excluding hydrogens is 688 g/mol. The Morgan fingerprint density at radius 1 is 1.23 bits per heavy atom. The molecule has 5 aromatic rings. The Morgan fingerprint density at radius 3 is 2.75 bits per heavy atom. The molecule has 0 spiro atoms. The second kappa shape index (κ2) is 13.5. The summed E-state index contributed by atoms with van der Waals surface area (Å²) in [5.41, 5.74) is 3.12. The smallest absolute Gasteiger partial charge is 0.387 e. The van der Waals surface area contributed by atoms with Crippen LogP contribution in [0.25, 0.3) is 21.1 Å². The number of benzene rings is 2. The molecule has 0 bridgehead atoms. The van der Waals surface area contributed by atoms with Crippen LogP contribution >= 0.6 is 22.9 Å². The number of hydrogen-bond donors (Lipinski definition) is 0. The summed E-state index contributed by atoms with van der Waals surface area (Å²) in [6.07, 6.45) is 1.27. The van der Waals surface area contributed by atoms with Crippen LogP contribution in [0.1, 0.15) is 54.9 Å². The molecule has 6 rings (SSSR count). The minimum Gasteiger partial charge on any atom is -0.472 e. The number of aryl methyl sites for hydroxylation is 2. The van der Waals surface area contributed by atoms with E-state index in [1.54, 1.807) is 20.9 Å². The van der Waals surface area contributed by atoms with Crippen molar-refractivity contribution in [2.45, 2.75) is 63.7 Å². The van der Waals surface area contributed by atoms with Crippen LogP contribution in [0.5, 0.6) is 11.6 Å².